The van der Waals surface area contributed by atoms with E-state index in [1.165, 1.54) is 18.2 Å². The summed E-state index contributed by atoms with van der Waals surface area (Å²) in [4.78, 5) is 4.14. The summed E-state index contributed by atoms with van der Waals surface area (Å²) in [6.07, 6.45) is 0.339. The average molecular weight is 419 g/mol. The van der Waals surface area contributed by atoms with Crippen molar-refractivity contribution in [1.29, 1.82) is 0 Å². The molecule has 0 saturated carbocycles. The van der Waals surface area contributed by atoms with Gasteiger partial charge in [0, 0.05) is 6.42 Å². The van der Waals surface area contributed by atoms with Gasteiger partial charge in [0.25, 0.3) is 0 Å². The number of amidine groups is 1. The van der Waals surface area contributed by atoms with E-state index in [0.29, 0.717) is 17.8 Å². The average Bonchev–Trinajstić information content (AvgIpc) is 2.94. The van der Waals surface area contributed by atoms with E-state index in [9.17, 15) is 18.0 Å². The van der Waals surface area contributed by atoms with Crippen molar-refractivity contribution >= 4 is 37.3 Å². The monoisotopic (exact) mass is 418 g/mol. The predicted octanol–water partition coefficient (Wildman–Crippen LogP) is 1.62. The molecule has 0 atom stereocenters. The van der Waals surface area contributed by atoms with Crippen molar-refractivity contribution in [3.63, 3.8) is 0 Å². The summed E-state index contributed by atoms with van der Waals surface area (Å²) in [6, 6.07) is 4.07. The van der Waals surface area contributed by atoms with E-state index in [0.717, 1.165) is 0 Å². The summed E-state index contributed by atoms with van der Waals surface area (Å²) >= 11 is 3.05. The van der Waals surface area contributed by atoms with Crippen LogP contribution in [0.4, 0.5) is 10.1 Å². The molecule has 1 aliphatic rings. The zero-order chi connectivity index (χ0) is 17.3. The molecule has 2 aromatic rings. The van der Waals surface area contributed by atoms with Crippen molar-refractivity contribution in [3.05, 3.63) is 39.9 Å². The van der Waals surface area contributed by atoms with Crippen LogP contribution in [0.15, 0.2) is 32.3 Å². The zero-order valence-electron chi connectivity index (χ0n) is 12.1. The van der Waals surface area contributed by atoms with Crippen molar-refractivity contribution in [2.75, 3.05) is 11.5 Å². The normalized spacial score (nSPS) is 17.5. The predicted molar refractivity (Wildman–Crippen MR) is 85.4 cm³/mol. The highest BCUT2D eigenvalue weighted by molar-refractivity contribution is 9.10. The number of hydroxylamine groups is 1. The van der Waals surface area contributed by atoms with Gasteiger partial charge >= 0.3 is 0 Å². The van der Waals surface area contributed by atoms with Gasteiger partial charge in [0.15, 0.2) is 21.4 Å². The number of sulfone groups is 1. The third-order valence-electron chi connectivity index (χ3n) is 3.49. The number of aliphatic imine (C=N–C) groups is 1. The minimum Gasteiger partial charge on any atom is -0.290 e. The molecule has 0 aliphatic carbocycles. The van der Waals surface area contributed by atoms with Crippen molar-refractivity contribution in [3.8, 4) is 0 Å². The highest BCUT2D eigenvalue weighted by atomic mass is 79.9. The third-order valence-corrected chi connectivity index (χ3v) is 6.06. The summed E-state index contributed by atoms with van der Waals surface area (Å²) in [7, 11) is -2.94. The van der Waals surface area contributed by atoms with Gasteiger partial charge in [0.1, 0.15) is 11.5 Å². The molecule has 24 heavy (non-hydrogen) atoms. The lowest BCUT2D eigenvalue weighted by atomic mass is 10.1. The fourth-order valence-corrected chi connectivity index (χ4v) is 4.34. The molecule has 1 aliphatic heterocycles. The van der Waals surface area contributed by atoms with Gasteiger partial charge in [-0.2, -0.15) is 0 Å². The highest BCUT2D eigenvalue weighted by Crippen LogP contribution is 2.25. The van der Waals surface area contributed by atoms with Gasteiger partial charge in [0.2, 0.25) is 0 Å². The fraction of sp³-hybridized carbons (Fsp3) is 0.308. The van der Waals surface area contributed by atoms with Crippen molar-refractivity contribution in [2.24, 2.45) is 10.9 Å². The topological polar surface area (TPSA) is 118 Å². The molecular weight excluding hydrogens is 407 g/mol. The van der Waals surface area contributed by atoms with Crippen LogP contribution in [0.5, 0.6) is 0 Å². The smallest absolute Gasteiger partial charge is 0.181 e. The lowest BCUT2D eigenvalue weighted by Gasteiger charge is -2.24. The molecule has 0 bridgehead atoms. The minimum atomic E-state index is -2.94. The zero-order valence-corrected chi connectivity index (χ0v) is 14.5. The molecular formula is C13H12BrFN4O4S. The molecule has 0 unspecified atom stereocenters. The Balaban J connectivity index is 1.85. The molecule has 0 amide bonds. The number of aromatic nitrogens is 2. The van der Waals surface area contributed by atoms with Crippen LogP contribution in [0.2, 0.25) is 0 Å². The highest BCUT2D eigenvalue weighted by Gasteiger charge is 2.35. The lowest BCUT2D eigenvalue weighted by molar-refractivity contribution is 0.234. The van der Waals surface area contributed by atoms with Crippen LogP contribution in [-0.4, -0.2) is 41.3 Å². The van der Waals surface area contributed by atoms with Crippen molar-refractivity contribution in [2.45, 2.75) is 6.42 Å². The van der Waals surface area contributed by atoms with E-state index in [1.54, 1.807) is 0 Å². The van der Waals surface area contributed by atoms with Crippen molar-refractivity contribution < 1.29 is 22.6 Å². The van der Waals surface area contributed by atoms with Gasteiger partial charge in [-0.05, 0) is 45.2 Å². The molecule has 11 heteroatoms. The van der Waals surface area contributed by atoms with Crippen molar-refractivity contribution in [1.82, 2.24) is 15.8 Å². The van der Waals surface area contributed by atoms with Crippen LogP contribution >= 0.6 is 15.9 Å². The number of hydrogen-bond acceptors (Lipinski definition) is 7. The number of rotatable bonds is 4. The van der Waals surface area contributed by atoms with E-state index >= 15 is 0 Å². The summed E-state index contributed by atoms with van der Waals surface area (Å²) in [5.41, 5.74) is 2.83. The molecule has 0 spiro atoms. The van der Waals surface area contributed by atoms with Gasteiger partial charge in [0.05, 0.1) is 21.7 Å². The summed E-state index contributed by atoms with van der Waals surface area (Å²) < 4.78 is 40.6. The summed E-state index contributed by atoms with van der Waals surface area (Å²) in [6.45, 7) is 0. The maximum Gasteiger partial charge on any atom is 0.181 e. The van der Waals surface area contributed by atoms with Crippen LogP contribution in [0.25, 0.3) is 0 Å². The second-order valence-corrected chi connectivity index (χ2v) is 8.39. The molecule has 8 nitrogen and oxygen atoms in total. The largest absolute Gasteiger partial charge is 0.290 e. The maximum absolute atomic E-state index is 13.3. The Bertz CT molecular complexity index is 887. The molecule has 2 heterocycles. The Morgan fingerprint density at radius 3 is 2.83 bits per heavy atom. The third kappa shape index (κ3) is 3.62. The standard InChI is InChI=1S/C13H12BrFN4O4S/c14-9-4-8(1-2-10(9)15)16-13(17-20)12-11(18-23-19-12)3-7-5-24(21,22)6-7/h1-2,4,7,20H,3,5-6H2,(H,16,17). The van der Waals surface area contributed by atoms with E-state index in [-0.39, 0.29) is 33.4 Å². The first kappa shape index (κ1) is 17.0. The fourth-order valence-electron chi connectivity index (χ4n) is 2.40. The Hall–Kier alpha value is -1.85. The number of nitrogens with one attached hydrogen (secondary N) is 1. The Labute approximate surface area is 144 Å². The minimum absolute atomic E-state index is 0.0352. The van der Waals surface area contributed by atoms with E-state index in [2.05, 4.69) is 35.9 Å². The van der Waals surface area contributed by atoms with E-state index in [4.69, 9.17) is 0 Å². The number of nitrogens with zero attached hydrogens (tertiary/aromatic N) is 3. The molecule has 1 fully saturated rings. The molecule has 0 radical (unpaired) electrons. The Morgan fingerprint density at radius 1 is 1.46 bits per heavy atom. The lowest BCUT2D eigenvalue weighted by Crippen LogP contribution is -2.38. The second kappa shape index (κ2) is 6.57. The molecule has 1 aromatic carbocycles. The van der Waals surface area contributed by atoms with Crippen LogP contribution in [0.1, 0.15) is 11.4 Å². The first-order chi connectivity index (χ1) is 11.4. The van der Waals surface area contributed by atoms with Crippen LogP contribution in [0.3, 0.4) is 0 Å². The Kier molecular flexibility index (Phi) is 4.65. The molecule has 1 aromatic heterocycles. The quantitative estimate of drug-likeness (QED) is 0.439. The molecule has 2 N–H and O–H groups in total. The van der Waals surface area contributed by atoms with Crippen LogP contribution in [-0.2, 0) is 16.3 Å². The Morgan fingerprint density at radius 2 is 2.21 bits per heavy atom. The molecule has 1 saturated heterocycles. The van der Waals surface area contributed by atoms with Gasteiger partial charge in [-0.15, -0.1) is 0 Å². The van der Waals surface area contributed by atoms with Gasteiger partial charge in [-0.1, -0.05) is 5.16 Å². The maximum atomic E-state index is 13.3. The molecule has 3 rings (SSSR count). The number of hydrogen-bond donors (Lipinski definition) is 2. The molecule has 128 valence electrons. The van der Waals surface area contributed by atoms with Gasteiger partial charge in [-0.25, -0.2) is 22.4 Å². The van der Waals surface area contributed by atoms with Crippen LogP contribution in [0, 0.1) is 11.7 Å². The first-order valence-electron chi connectivity index (χ1n) is 6.84. The van der Waals surface area contributed by atoms with E-state index < -0.39 is 15.7 Å². The van der Waals surface area contributed by atoms with Crippen LogP contribution < -0.4 is 5.48 Å². The summed E-state index contributed by atoms with van der Waals surface area (Å²) in [5.74, 6) is -0.373. The van der Waals surface area contributed by atoms with E-state index in [1.807, 2.05) is 5.48 Å². The van der Waals surface area contributed by atoms with Gasteiger partial charge in [-0.3, -0.25) is 10.7 Å². The SMILES string of the molecule is O=S1(=O)CC(Cc2nonc2C(=Nc2ccc(F)c(Br)c2)NO)C1. The number of benzene rings is 1. The number of halogens is 2. The first-order valence-corrected chi connectivity index (χ1v) is 9.45. The van der Waals surface area contributed by atoms with Gasteiger partial charge < -0.3 is 0 Å². The summed E-state index contributed by atoms with van der Waals surface area (Å²) in [5, 5.41) is 16.8. The second-order valence-electron chi connectivity index (χ2n) is 5.38.